The molecule has 0 aromatic carbocycles. The molecule has 0 aliphatic rings. The predicted molar refractivity (Wildman–Crippen MR) is 72.4 cm³/mol. The first-order valence-corrected chi connectivity index (χ1v) is 6.29. The zero-order valence-electron chi connectivity index (χ0n) is 10.7. The molecule has 0 aliphatic heterocycles. The predicted octanol–water partition coefficient (Wildman–Crippen LogP) is 2.62. The van der Waals surface area contributed by atoms with Crippen molar-refractivity contribution in [3.8, 4) is 5.82 Å². The molecule has 1 N–H and O–H groups in total. The van der Waals surface area contributed by atoms with E-state index in [0.717, 1.165) is 36.0 Å². The first-order chi connectivity index (χ1) is 8.63. The summed E-state index contributed by atoms with van der Waals surface area (Å²) >= 11 is 6.01. The molecule has 6 heteroatoms. The van der Waals surface area contributed by atoms with Crippen molar-refractivity contribution in [2.45, 2.75) is 26.7 Å². The van der Waals surface area contributed by atoms with Gasteiger partial charge < -0.3 is 5.32 Å². The number of aryl methyl sites for hydroxylation is 2. The van der Waals surface area contributed by atoms with Gasteiger partial charge in [0.25, 0.3) is 0 Å². The summed E-state index contributed by atoms with van der Waals surface area (Å²) in [6.45, 7) is 3.97. The summed E-state index contributed by atoms with van der Waals surface area (Å²) in [6.07, 6.45) is 3.61. The second-order valence-electron chi connectivity index (χ2n) is 4.03. The van der Waals surface area contributed by atoms with E-state index in [1.807, 2.05) is 20.0 Å². The van der Waals surface area contributed by atoms with E-state index in [-0.39, 0.29) is 0 Å². The molecular formula is C12H16ClN5. The van der Waals surface area contributed by atoms with Crippen LogP contribution in [0.25, 0.3) is 5.82 Å². The lowest BCUT2D eigenvalue weighted by Crippen LogP contribution is -2.06. The summed E-state index contributed by atoms with van der Waals surface area (Å²) in [6, 6.07) is 1.85. The van der Waals surface area contributed by atoms with Crippen molar-refractivity contribution in [1.29, 1.82) is 0 Å². The minimum atomic E-state index is 0.636. The highest BCUT2D eigenvalue weighted by Gasteiger charge is 2.08. The van der Waals surface area contributed by atoms with Gasteiger partial charge in [0.2, 0.25) is 0 Å². The van der Waals surface area contributed by atoms with E-state index >= 15 is 0 Å². The van der Waals surface area contributed by atoms with Gasteiger partial charge in [-0.15, -0.1) is 0 Å². The second kappa shape index (κ2) is 5.35. The third kappa shape index (κ3) is 2.61. The summed E-state index contributed by atoms with van der Waals surface area (Å²) in [5.74, 6) is 2.32. The summed E-state index contributed by atoms with van der Waals surface area (Å²) in [5, 5.41) is 7.99. The summed E-state index contributed by atoms with van der Waals surface area (Å²) in [7, 11) is 1.84. The fraction of sp³-hybridized carbons (Fsp3) is 0.417. The Bertz CT molecular complexity index is 530. The highest BCUT2D eigenvalue weighted by molar-refractivity contribution is 6.31. The fourth-order valence-corrected chi connectivity index (χ4v) is 1.75. The van der Waals surface area contributed by atoms with Crippen LogP contribution < -0.4 is 5.32 Å². The smallest absolute Gasteiger partial charge is 0.159 e. The van der Waals surface area contributed by atoms with Crippen LogP contribution in [0.1, 0.15) is 24.9 Å². The second-order valence-corrected chi connectivity index (χ2v) is 4.44. The van der Waals surface area contributed by atoms with E-state index in [9.17, 15) is 0 Å². The lowest BCUT2D eigenvalue weighted by Gasteiger charge is -2.07. The molecule has 0 unspecified atom stereocenters. The molecule has 0 amide bonds. The van der Waals surface area contributed by atoms with Gasteiger partial charge >= 0.3 is 0 Å². The zero-order chi connectivity index (χ0) is 13.1. The molecule has 0 saturated heterocycles. The van der Waals surface area contributed by atoms with Crippen LogP contribution in [-0.4, -0.2) is 26.8 Å². The van der Waals surface area contributed by atoms with Crippen molar-refractivity contribution in [1.82, 2.24) is 19.7 Å². The molecular weight excluding hydrogens is 250 g/mol. The van der Waals surface area contributed by atoms with Crippen LogP contribution >= 0.6 is 11.6 Å². The van der Waals surface area contributed by atoms with E-state index in [1.165, 1.54) is 0 Å². The third-order valence-electron chi connectivity index (χ3n) is 2.56. The summed E-state index contributed by atoms with van der Waals surface area (Å²) < 4.78 is 1.68. The largest absolute Gasteiger partial charge is 0.373 e. The lowest BCUT2D eigenvalue weighted by molar-refractivity contribution is 0.781. The van der Waals surface area contributed by atoms with Gasteiger partial charge in [0, 0.05) is 19.5 Å². The van der Waals surface area contributed by atoms with Crippen LogP contribution in [0.2, 0.25) is 5.02 Å². The van der Waals surface area contributed by atoms with Crippen molar-refractivity contribution in [2.75, 3.05) is 12.4 Å². The Balaban J connectivity index is 2.45. The number of nitrogens with zero attached hydrogens (tertiary/aromatic N) is 4. The molecule has 5 nitrogen and oxygen atoms in total. The molecule has 96 valence electrons. The fourth-order valence-electron chi connectivity index (χ4n) is 1.62. The van der Waals surface area contributed by atoms with Gasteiger partial charge in [-0.05, 0) is 13.3 Å². The molecule has 0 fully saturated rings. The number of hydrogen-bond donors (Lipinski definition) is 1. The van der Waals surface area contributed by atoms with Crippen LogP contribution in [0.3, 0.4) is 0 Å². The Morgan fingerprint density at radius 3 is 2.72 bits per heavy atom. The number of halogens is 1. The maximum atomic E-state index is 6.01. The van der Waals surface area contributed by atoms with Crippen molar-refractivity contribution in [2.24, 2.45) is 0 Å². The van der Waals surface area contributed by atoms with Crippen molar-refractivity contribution in [3.63, 3.8) is 0 Å². The first kappa shape index (κ1) is 12.8. The normalized spacial score (nSPS) is 10.7. The van der Waals surface area contributed by atoms with Crippen molar-refractivity contribution in [3.05, 3.63) is 28.8 Å². The Kier molecular flexibility index (Phi) is 3.81. The molecule has 2 rings (SSSR count). The number of hydrogen-bond acceptors (Lipinski definition) is 4. The van der Waals surface area contributed by atoms with E-state index < -0.39 is 0 Å². The Morgan fingerprint density at radius 2 is 2.17 bits per heavy atom. The maximum Gasteiger partial charge on any atom is 0.159 e. The molecule has 2 heterocycles. The van der Waals surface area contributed by atoms with Gasteiger partial charge in [-0.2, -0.15) is 5.10 Å². The van der Waals surface area contributed by atoms with Gasteiger partial charge in [-0.1, -0.05) is 18.5 Å². The molecule has 0 spiro atoms. The van der Waals surface area contributed by atoms with Gasteiger partial charge in [0.05, 0.1) is 16.9 Å². The zero-order valence-corrected chi connectivity index (χ0v) is 11.5. The van der Waals surface area contributed by atoms with Gasteiger partial charge in [0.15, 0.2) is 5.82 Å². The number of rotatable bonds is 4. The molecule has 18 heavy (non-hydrogen) atoms. The van der Waals surface area contributed by atoms with E-state index in [4.69, 9.17) is 11.6 Å². The van der Waals surface area contributed by atoms with Gasteiger partial charge in [0.1, 0.15) is 11.6 Å². The maximum absolute atomic E-state index is 6.01. The number of anilines is 1. The van der Waals surface area contributed by atoms with Gasteiger partial charge in [-0.3, -0.25) is 0 Å². The third-order valence-corrected chi connectivity index (χ3v) is 2.93. The average molecular weight is 266 g/mol. The van der Waals surface area contributed by atoms with Crippen LogP contribution in [-0.2, 0) is 6.42 Å². The van der Waals surface area contributed by atoms with E-state index in [0.29, 0.717) is 5.02 Å². The van der Waals surface area contributed by atoms with Crippen LogP contribution in [0, 0.1) is 6.92 Å². The van der Waals surface area contributed by atoms with E-state index in [2.05, 4.69) is 27.3 Å². The lowest BCUT2D eigenvalue weighted by atomic mass is 10.3. The highest BCUT2D eigenvalue weighted by Crippen LogP contribution is 2.17. The minimum absolute atomic E-state index is 0.636. The molecule has 2 aromatic heterocycles. The standard InChI is InChI=1S/C12H16ClN5/c1-4-5-10-15-11(14-3)6-12(16-10)18-7-9(13)8(2)17-18/h6-7H,4-5H2,1-3H3,(H,14,15,16). The molecule has 0 aliphatic carbocycles. The van der Waals surface area contributed by atoms with Crippen LogP contribution in [0.15, 0.2) is 12.3 Å². The highest BCUT2D eigenvalue weighted by atomic mass is 35.5. The molecule has 0 saturated carbocycles. The van der Waals surface area contributed by atoms with Crippen molar-refractivity contribution < 1.29 is 0 Å². The molecule has 0 atom stereocenters. The Hall–Kier alpha value is -1.62. The van der Waals surface area contributed by atoms with Crippen molar-refractivity contribution >= 4 is 17.4 Å². The minimum Gasteiger partial charge on any atom is -0.373 e. The first-order valence-electron chi connectivity index (χ1n) is 5.92. The quantitative estimate of drug-likeness (QED) is 0.923. The Morgan fingerprint density at radius 1 is 1.39 bits per heavy atom. The average Bonchev–Trinajstić information content (AvgIpc) is 2.70. The monoisotopic (exact) mass is 265 g/mol. The summed E-state index contributed by atoms with van der Waals surface area (Å²) in [5.41, 5.74) is 0.790. The number of aromatic nitrogens is 4. The van der Waals surface area contributed by atoms with E-state index in [1.54, 1.807) is 10.9 Å². The van der Waals surface area contributed by atoms with Gasteiger partial charge in [-0.25, -0.2) is 14.6 Å². The van der Waals surface area contributed by atoms with Crippen LogP contribution in [0.5, 0.6) is 0 Å². The number of nitrogens with one attached hydrogen (secondary N) is 1. The Labute approximate surface area is 111 Å². The molecule has 0 radical (unpaired) electrons. The topological polar surface area (TPSA) is 55.6 Å². The molecule has 2 aromatic rings. The van der Waals surface area contributed by atoms with Crippen LogP contribution in [0.4, 0.5) is 5.82 Å². The molecule has 0 bridgehead atoms. The SMILES string of the molecule is CCCc1nc(NC)cc(-n2cc(Cl)c(C)n2)n1. The summed E-state index contributed by atoms with van der Waals surface area (Å²) in [4.78, 5) is 8.89.